The Hall–Kier alpha value is -2.63. The monoisotopic (exact) mass is 344 g/mol. The van der Waals surface area contributed by atoms with Gasteiger partial charge in [-0.3, -0.25) is 4.68 Å². The van der Waals surface area contributed by atoms with Crippen LogP contribution >= 0.6 is 0 Å². The lowest BCUT2D eigenvalue weighted by Crippen LogP contribution is -2.14. The summed E-state index contributed by atoms with van der Waals surface area (Å²) in [6, 6.07) is 6.61. The van der Waals surface area contributed by atoms with Gasteiger partial charge in [0.05, 0.1) is 29.6 Å². The second-order valence-corrected chi connectivity index (χ2v) is 5.74. The van der Waals surface area contributed by atoms with E-state index in [1.807, 2.05) is 25.5 Å². The molecule has 25 heavy (non-hydrogen) atoms. The molecular weight excluding hydrogens is 320 g/mol. The second kappa shape index (κ2) is 7.96. The number of carbonyl (C=O) groups is 2. The Morgan fingerprint density at radius 2 is 1.80 bits per heavy atom. The van der Waals surface area contributed by atoms with E-state index < -0.39 is 5.97 Å². The molecule has 0 bridgehead atoms. The fourth-order valence-electron chi connectivity index (χ4n) is 2.91. The van der Waals surface area contributed by atoms with Crippen molar-refractivity contribution in [2.45, 2.75) is 46.6 Å². The van der Waals surface area contributed by atoms with Crippen LogP contribution in [0.15, 0.2) is 24.3 Å². The topological polar surface area (TPSA) is 81.4 Å². The summed E-state index contributed by atoms with van der Waals surface area (Å²) in [7, 11) is 0. The predicted octanol–water partition coefficient (Wildman–Crippen LogP) is 3.49. The lowest BCUT2D eigenvalue weighted by Gasteiger charge is -2.16. The molecule has 0 amide bonds. The van der Waals surface area contributed by atoms with Crippen molar-refractivity contribution >= 4 is 11.9 Å². The zero-order valence-corrected chi connectivity index (χ0v) is 15.1. The molecule has 1 aromatic carbocycles. The lowest BCUT2D eigenvalue weighted by molar-refractivity contribution is 0.0523. The minimum Gasteiger partial charge on any atom is -0.478 e. The molecule has 1 heterocycles. The molecule has 0 aliphatic carbocycles. The highest BCUT2D eigenvalue weighted by Gasteiger charge is 2.25. The Kier molecular flexibility index (Phi) is 5.96. The normalized spacial score (nSPS) is 12.0. The number of hydrogen-bond acceptors (Lipinski definition) is 4. The van der Waals surface area contributed by atoms with Gasteiger partial charge in [0.1, 0.15) is 5.56 Å². The Balaban J connectivity index is 2.47. The number of rotatable bonds is 7. The van der Waals surface area contributed by atoms with Crippen LogP contribution in [-0.4, -0.2) is 33.4 Å². The molecule has 1 N–H and O–H groups in total. The van der Waals surface area contributed by atoms with E-state index in [9.17, 15) is 9.59 Å². The molecule has 2 aromatic rings. The maximum absolute atomic E-state index is 12.4. The number of carboxylic acid groups (broad SMARTS) is 1. The number of ether oxygens (including phenoxy) is 1. The van der Waals surface area contributed by atoms with Crippen LogP contribution in [-0.2, 0) is 17.6 Å². The van der Waals surface area contributed by atoms with Crippen LogP contribution in [0.3, 0.4) is 0 Å². The van der Waals surface area contributed by atoms with Gasteiger partial charge in [0, 0.05) is 0 Å². The average Bonchev–Trinajstić information content (AvgIpc) is 3.00. The van der Waals surface area contributed by atoms with Crippen molar-refractivity contribution in [2.75, 3.05) is 6.61 Å². The largest absolute Gasteiger partial charge is 0.478 e. The van der Waals surface area contributed by atoms with E-state index in [-0.39, 0.29) is 17.6 Å². The summed E-state index contributed by atoms with van der Waals surface area (Å²) >= 11 is 0. The Morgan fingerprint density at radius 3 is 2.28 bits per heavy atom. The summed E-state index contributed by atoms with van der Waals surface area (Å²) in [5.41, 5.74) is 3.30. The minimum absolute atomic E-state index is 0.119. The standard InChI is InChI=1S/C19H24N2O4/c1-5-15-17(19(24)25-7-3)16(6-2)21(20-15)12(4)13-8-10-14(11-9-13)18(22)23/h8-12H,5-7H2,1-4H3,(H,22,23). The first-order chi connectivity index (χ1) is 11.9. The summed E-state index contributed by atoms with van der Waals surface area (Å²) in [6.07, 6.45) is 1.29. The minimum atomic E-state index is -0.953. The van der Waals surface area contributed by atoms with Crippen LogP contribution < -0.4 is 0 Å². The number of carbonyl (C=O) groups excluding carboxylic acids is 1. The number of esters is 1. The van der Waals surface area contributed by atoms with Gasteiger partial charge in [-0.15, -0.1) is 0 Å². The highest BCUT2D eigenvalue weighted by atomic mass is 16.5. The van der Waals surface area contributed by atoms with Gasteiger partial charge in [-0.2, -0.15) is 5.10 Å². The van der Waals surface area contributed by atoms with E-state index in [1.54, 1.807) is 31.2 Å². The molecule has 6 heteroatoms. The molecule has 1 aromatic heterocycles. The Labute approximate surface area is 147 Å². The lowest BCUT2D eigenvalue weighted by atomic mass is 10.0. The van der Waals surface area contributed by atoms with E-state index in [0.29, 0.717) is 25.0 Å². The molecule has 0 saturated carbocycles. The molecular formula is C19H24N2O4. The third-order valence-corrected chi connectivity index (χ3v) is 4.24. The van der Waals surface area contributed by atoms with Crippen LogP contribution in [0.1, 0.15) is 71.4 Å². The van der Waals surface area contributed by atoms with Crippen molar-refractivity contribution in [3.63, 3.8) is 0 Å². The van der Waals surface area contributed by atoms with E-state index >= 15 is 0 Å². The highest BCUT2D eigenvalue weighted by Crippen LogP contribution is 2.25. The van der Waals surface area contributed by atoms with Crippen molar-refractivity contribution in [3.05, 3.63) is 52.3 Å². The van der Waals surface area contributed by atoms with Crippen LogP contribution in [0.4, 0.5) is 0 Å². The number of hydrogen-bond donors (Lipinski definition) is 1. The Bertz CT molecular complexity index is 762. The first-order valence-corrected chi connectivity index (χ1v) is 8.55. The second-order valence-electron chi connectivity index (χ2n) is 5.74. The zero-order valence-electron chi connectivity index (χ0n) is 15.1. The van der Waals surface area contributed by atoms with Crippen LogP contribution in [0.2, 0.25) is 0 Å². The molecule has 0 radical (unpaired) electrons. The molecule has 6 nitrogen and oxygen atoms in total. The van der Waals surface area contributed by atoms with Crippen LogP contribution in [0.5, 0.6) is 0 Å². The van der Waals surface area contributed by atoms with Crippen molar-refractivity contribution in [1.82, 2.24) is 9.78 Å². The molecule has 1 atom stereocenters. The first kappa shape index (κ1) is 18.7. The third kappa shape index (κ3) is 3.73. The van der Waals surface area contributed by atoms with Gasteiger partial charge in [0.25, 0.3) is 0 Å². The maximum atomic E-state index is 12.4. The smallest absolute Gasteiger partial charge is 0.341 e. The zero-order chi connectivity index (χ0) is 18.6. The number of aromatic carboxylic acids is 1. The summed E-state index contributed by atoms with van der Waals surface area (Å²) in [6.45, 7) is 8.03. The van der Waals surface area contributed by atoms with E-state index in [1.165, 1.54) is 0 Å². The van der Waals surface area contributed by atoms with E-state index in [4.69, 9.17) is 9.84 Å². The summed E-state index contributed by atoms with van der Waals surface area (Å²) in [4.78, 5) is 23.4. The predicted molar refractivity (Wildman–Crippen MR) is 94.2 cm³/mol. The SMILES string of the molecule is CCOC(=O)c1c(CC)nn(C(C)c2ccc(C(=O)O)cc2)c1CC. The molecule has 0 aliphatic heterocycles. The molecule has 0 spiro atoms. The fraction of sp³-hybridized carbons (Fsp3) is 0.421. The maximum Gasteiger partial charge on any atom is 0.341 e. The number of aryl methyl sites for hydroxylation is 1. The Morgan fingerprint density at radius 1 is 1.16 bits per heavy atom. The number of benzene rings is 1. The van der Waals surface area contributed by atoms with Crippen molar-refractivity contribution < 1.29 is 19.4 Å². The van der Waals surface area contributed by atoms with Crippen LogP contribution in [0, 0.1) is 0 Å². The van der Waals surface area contributed by atoms with Gasteiger partial charge in [-0.25, -0.2) is 9.59 Å². The fourth-order valence-corrected chi connectivity index (χ4v) is 2.91. The van der Waals surface area contributed by atoms with Gasteiger partial charge >= 0.3 is 11.9 Å². The molecule has 1 unspecified atom stereocenters. The van der Waals surface area contributed by atoms with E-state index in [0.717, 1.165) is 17.0 Å². The highest BCUT2D eigenvalue weighted by molar-refractivity contribution is 5.92. The summed E-state index contributed by atoms with van der Waals surface area (Å²) in [5, 5.41) is 13.7. The molecule has 0 aliphatic rings. The number of nitrogens with zero attached hydrogens (tertiary/aromatic N) is 2. The molecule has 2 rings (SSSR count). The van der Waals surface area contributed by atoms with Crippen LogP contribution in [0.25, 0.3) is 0 Å². The van der Waals surface area contributed by atoms with Gasteiger partial charge in [-0.05, 0) is 44.4 Å². The first-order valence-electron chi connectivity index (χ1n) is 8.55. The van der Waals surface area contributed by atoms with Crippen molar-refractivity contribution in [1.29, 1.82) is 0 Å². The van der Waals surface area contributed by atoms with Gasteiger partial charge in [-0.1, -0.05) is 26.0 Å². The quantitative estimate of drug-likeness (QED) is 0.778. The van der Waals surface area contributed by atoms with Crippen molar-refractivity contribution in [2.24, 2.45) is 0 Å². The van der Waals surface area contributed by atoms with Gasteiger partial charge in [0.2, 0.25) is 0 Å². The summed E-state index contributed by atoms with van der Waals surface area (Å²) in [5.74, 6) is -1.29. The summed E-state index contributed by atoms with van der Waals surface area (Å²) < 4.78 is 7.04. The average molecular weight is 344 g/mol. The van der Waals surface area contributed by atoms with E-state index in [2.05, 4.69) is 5.10 Å². The number of carboxylic acids is 1. The van der Waals surface area contributed by atoms with Gasteiger partial charge < -0.3 is 9.84 Å². The molecule has 134 valence electrons. The van der Waals surface area contributed by atoms with Crippen molar-refractivity contribution in [3.8, 4) is 0 Å². The number of aromatic nitrogens is 2. The molecule has 0 saturated heterocycles. The van der Waals surface area contributed by atoms with Gasteiger partial charge in [0.15, 0.2) is 0 Å². The molecule has 0 fully saturated rings. The third-order valence-electron chi connectivity index (χ3n) is 4.24.